The van der Waals surface area contributed by atoms with Crippen LogP contribution >= 0.6 is 47.8 Å². The van der Waals surface area contributed by atoms with Crippen molar-refractivity contribution in [2.75, 3.05) is 0 Å². The van der Waals surface area contributed by atoms with E-state index in [1.807, 2.05) is 0 Å². The molecule has 14 heavy (non-hydrogen) atoms. The van der Waals surface area contributed by atoms with Crippen LogP contribution in [-0.4, -0.2) is 18.0 Å². The first-order chi connectivity index (χ1) is 6.23. The van der Waals surface area contributed by atoms with E-state index in [0.717, 1.165) is 0 Å². The van der Waals surface area contributed by atoms with Gasteiger partial charge in [0.25, 0.3) is 10.1 Å². The van der Waals surface area contributed by atoms with Crippen LogP contribution in [0, 0.1) is 0 Å². The molecule has 0 fully saturated rings. The molecular weight excluding hydrogens is 406 g/mol. The van der Waals surface area contributed by atoms with Crippen molar-refractivity contribution in [2.24, 2.45) is 0 Å². The maximum atomic E-state index is 11.0. The van der Waals surface area contributed by atoms with Gasteiger partial charge in [-0.15, -0.1) is 0 Å². The quantitative estimate of drug-likeness (QED) is 0.572. The summed E-state index contributed by atoms with van der Waals surface area (Å²) < 4.78 is 29.8. The van der Waals surface area contributed by atoms with Gasteiger partial charge in [-0.1, -0.05) is 47.8 Å². The topological polar surface area (TPSA) is 67.3 Å². The van der Waals surface area contributed by atoms with Gasteiger partial charge in [-0.3, -0.25) is 9.54 Å². The van der Waals surface area contributed by atoms with Crippen LogP contribution in [0.2, 0.25) is 0 Å². The van der Waals surface area contributed by atoms with Gasteiger partial charge in [0.05, 0.1) is 5.69 Å². The third-order valence-corrected chi connectivity index (χ3v) is 3.33. The molecule has 8 heteroatoms. The van der Waals surface area contributed by atoms with E-state index in [1.54, 1.807) is 0 Å². The zero-order valence-corrected chi connectivity index (χ0v) is 12.1. The van der Waals surface area contributed by atoms with E-state index in [-0.39, 0.29) is 10.6 Å². The Balaban J connectivity index is 3.47. The van der Waals surface area contributed by atoms with Crippen molar-refractivity contribution in [1.82, 2.24) is 4.98 Å². The molecule has 0 spiro atoms. The zero-order chi connectivity index (χ0) is 11.0. The second-order valence-electron chi connectivity index (χ2n) is 2.32. The Labute approximate surface area is 106 Å². The van der Waals surface area contributed by atoms with Crippen LogP contribution in [0.3, 0.4) is 0 Å². The standard InChI is InChI=1S/C6H4Br3NO3S/c7-6(8,9)5-4(14(11,12)13)2-1-3-10-5/h1-3H,(H,11,12,13). The molecule has 78 valence electrons. The van der Waals surface area contributed by atoms with Crippen molar-refractivity contribution in [2.45, 2.75) is 7.04 Å². The summed E-state index contributed by atoms with van der Waals surface area (Å²) in [5, 5.41) is 0. The Kier molecular flexibility index (Phi) is 3.74. The predicted molar refractivity (Wildman–Crippen MR) is 62.5 cm³/mol. The molecular formula is C6H4Br3NO3S. The number of halogens is 3. The van der Waals surface area contributed by atoms with Crippen molar-refractivity contribution in [3.8, 4) is 0 Å². The van der Waals surface area contributed by atoms with Crippen LogP contribution in [0.5, 0.6) is 0 Å². The zero-order valence-electron chi connectivity index (χ0n) is 6.49. The monoisotopic (exact) mass is 407 g/mol. The van der Waals surface area contributed by atoms with Crippen LogP contribution in [0.25, 0.3) is 0 Å². The van der Waals surface area contributed by atoms with Gasteiger partial charge in [0.15, 0.2) is 2.14 Å². The van der Waals surface area contributed by atoms with E-state index >= 15 is 0 Å². The number of aromatic nitrogens is 1. The predicted octanol–water partition coefficient (Wildman–Crippen LogP) is 2.62. The van der Waals surface area contributed by atoms with Gasteiger partial charge >= 0.3 is 0 Å². The molecule has 0 atom stereocenters. The number of alkyl halides is 3. The fraction of sp³-hybridized carbons (Fsp3) is 0.167. The molecule has 1 aromatic rings. The first-order valence-corrected chi connectivity index (χ1v) is 7.04. The summed E-state index contributed by atoms with van der Waals surface area (Å²) in [7, 11) is -4.27. The second kappa shape index (κ2) is 4.17. The molecule has 1 rings (SSSR count). The lowest BCUT2D eigenvalue weighted by Crippen LogP contribution is -2.10. The fourth-order valence-electron chi connectivity index (χ4n) is 0.812. The van der Waals surface area contributed by atoms with Crippen LogP contribution in [0.4, 0.5) is 0 Å². The minimum atomic E-state index is -4.27. The lowest BCUT2D eigenvalue weighted by atomic mass is 10.4. The fourth-order valence-corrected chi connectivity index (χ4v) is 2.85. The average Bonchev–Trinajstić information content (AvgIpc) is 2.01. The summed E-state index contributed by atoms with van der Waals surface area (Å²) in [5.74, 6) is 0. The molecule has 1 aromatic heterocycles. The summed E-state index contributed by atoms with van der Waals surface area (Å²) in [6, 6.07) is 2.68. The summed E-state index contributed by atoms with van der Waals surface area (Å²) >= 11 is 9.38. The lowest BCUT2D eigenvalue weighted by molar-refractivity contribution is 0.482. The van der Waals surface area contributed by atoms with Gasteiger partial charge in [-0.25, -0.2) is 0 Å². The average molecular weight is 410 g/mol. The Bertz CT molecular complexity index is 440. The Hall–Kier alpha value is 0.500. The highest BCUT2D eigenvalue weighted by atomic mass is 80.0. The summed E-state index contributed by atoms with van der Waals surface area (Å²) in [4.78, 5) is 3.58. The molecule has 0 aliphatic heterocycles. The van der Waals surface area contributed by atoms with E-state index in [2.05, 4.69) is 52.8 Å². The van der Waals surface area contributed by atoms with Crippen molar-refractivity contribution >= 4 is 57.9 Å². The molecule has 4 nitrogen and oxygen atoms in total. The Morgan fingerprint density at radius 3 is 2.29 bits per heavy atom. The smallest absolute Gasteiger partial charge is 0.282 e. The molecule has 0 unspecified atom stereocenters. The van der Waals surface area contributed by atoms with E-state index in [0.29, 0.717) is 0 Å². The largest absolute Gasteiger partial charge is 0.296 e. The second-order valence-corrected chi connectivity index (χ2v) is 10.5. The molecule has 0 bridgehead atoms. The Morgan fingerprint density at radius 1 is 1.36 bits per heavy atom. The van der Waals surface area contributed by atoms with E-state index < -0.39 is 12.3 Å². The Morgan fingerprint density at radius 2 is 1.93 bits per heavy atom. The first-order valence-electron chi connectivity index (χ1n) is 3.22. The normalized spacial score (nSPS) is 12.9. The number of hydrogen-bond donors (Lipinski definition) is 1. The lowest BCUT2D eigenvalue weighted by Gasteiger charge is -2.13. The molecule has 0 aliphatic carbocycles. The van der Waals surface area contributed by atoms with Crippen LogP contribution in [0.15, 0.2) is 23.2 Å². The van der Waals surface area contributed by atoms with E-state index in [4.69, 9.17) is 4.55 Å². The van der Waals surface area contributed by atoms with Crippen molar-refractivity contribution < 1.29 is 13.0 Å². The summed E-state index contributed by atoms with van der Waals surface area (Å²) in [6.45, 7) is 0. The van der Waals surface area contributed by atoms with Gasteiger partial charge in [0.1, 0.15) is 4.90 Å². The van der Waals surface area contributed by atoms with Gasteiger partial charge in [-0.2, -0.15) is 8.42 Å². The van der Waals surface area contributed by atoms with Gasteiger partial charge in [0.2, 0.25) is 0 Å². The molecule has 0 aliphatic rings. The molecule has 0 saturated carbocycles. The van der Waals surface area contributed by atoms with Crippen LogP contribution in [0.1, 0.15) is 5.69 Å². The number of hydrogen-bond acceptors (Lipinski definition) is 3. The highest BCUT2D eigenvalue weighted by Crippen LogP contribution is 2.45. The van der Waals surface area contributed by atoms with Crippen molar-refractivity contribution in [3.63, 3.8) is 0 Å². The maximum Gasteiger partial charge on any atom is 0.296 e. The highest BCUT2D eigenvalue weighted by Gasteiger charge is 2.30. The third-order valence-electron chi connectivity index (χ3n) is 1.32. The van der Waals surface area contributed by atoms with Crippen molar-refractivity contribution in [1.29, 1.82) is 0 Å². The minimum Gasteiger partial charge on any atom is -0.282 e. The molecule has 0 aromatic carbocycles. The minimum absolute atomic E-state index is 0.127. The van der Waals surface area contributed by atoms with Gasteiger partial charge in [-0.05, 0) is 12.1 Å². The molecule has 0 saturated heterocycles. The molecule has 0 amide bonds. The number of pyridine rings is 1. The molecule has 1 N–H and O–H groups in total. The first kappa shape index (κ1) is 12.6. The third kappa shape index (κ3) is 2.99. The highest BCUT2D eigenvalue weighted by molar-refractivity contribution is 9.38. The SMILES string of the molecule is O=S(=O)(O)c1cccnc1C(Br)(Br)Br. The molecule has 0 radical (unpaired) electrons. The molecule has 1 heterocycles. The summed E-state index contributed by atoms with van der Waals surface area (Å²) in [5.41, 5.74) is 0.127. The van der Waals surface area contributed by atoms with Gasteiger partial charge in [0, 0.05) is 6.20 Å². The van der Waals surface area contributed by atoms with Crippen LogP contribution in [-0.2, 0) is 12.3 Å². The maximum absolute atomic E-state index is 11.0. The van der Waals surface area contributed by atoms with Gasteiger partial charge < -0.3 is 0 Å². The summed E-state index contributed by atoms with van der Waals surface area (Å²) in [6.07, 6.45) is 1.42. The van der Waals surface area contributed by atoms with E-state index in [9.17, 15) is 8.42 Å². The number of rotatable bonds is 1. The van der Waals surface area contributed by atoms with Crippen molar-refractivity contribution in [3.05, 3.63) is 24.0 Å². The number of nitrogens with zero attached hydrogens (tertiary/aromatic N) is 1. The van der Waals surface area contributed by atoms with E-state index in [1.165, 1.54) is 18.3 Å². The van der Waals surface area contributed by atoms with Crippen LogP contribution < -0.4 is 0 Å².